The maximum atomic E-state index is 13.1. The Balaban J connectivity index is 1.46. The number of phenols is 1. The fourth-order valence-corrected chi connectivity index (χ4v) is 5.49. The second-order valence-corrected chi connectivity index (χ2v) is 10.3. The molecule has 226 valence electrons. The smallest absolute Gasteiger partial charge is 0.338 e. The Morgan fingerprint density at radius 1 is 1.07 bits per heavy atom. The van der Waals surface area contributed by atoms with E-state index in [0.29, 0.717) is 5.56 Å². The van der Waals surface area contributed by atoms with Crippen LogP contribution < -0.4 is 0 Å². The van der Waals surface area contributed by atoms with Gasteiger partial charge < -0.3 is 54.0 Å². The molecule has 5 rings (SSSR count). The summed E-state index contributed by atoms with van der Waals surface area (Å²) >= 11 is 0. The summed E-state index contributed by atoms with van der Waals surface area (Å²) in [6.45, 7) is 0.694. The molecule has 1 aromatic rings. The monoisotopic (exact) mass is 590 g/mol. The minimum absolute atomic E-state index is 0.0340. The van der Waals surface area contributed by atoms with Gasteiger partial charge in [0.1, 0.15) is 42.9 Å². The summed E-state index contributed by atoms with van der Waals surface area (Å²) in [4.78, 5) is 36.9. The third-order valence-electron chi connectivity index (χ3n) is 7.65. The highest BCUT2D eigenvalue weighted by molar-refractivity contribution is 5.94. The normalized spacial score (nSPS) is 35.9. The molecule has 10 atom stereocenters. The highest BCUT2D eigenvalue weighted by atomic mass is 16.8. The number of rotatable bonds is 7. The molecule has 0 aromatic heterocycles. The summed E-state index contributed by atoms with van der Waals surface area (Å²) in [6, 6.07) is 5.58. The highest BCUT2D eigenvalue weighted by Gasteiger charge is 2.60. The first-order valence-electron chi connectivity index (χ1n) is 13.0. The number of benzene rings is 1. The van der Waals surface area contributed by atoms with Gasteiger partial charge in [0.25, 0.3) is 0 Å². The van der Waals surface area contributed by atoms with Gasteiger partial charge in [0, 0.05) is 12.8 Å². The zero-order valence-electron chi connectivity index (χ0n) is 22.4. The van der Waals surface area contributed by atoms with Crippen LogP contribution in [0.5, 0.6) is 5.75 Å². The Morgan fingerprint density at radius 3 is 2.45 bits per heavy atom. The number of aliphatic hydroxyl groups excluding tert-OH is 4. The van der Waals surface area contributed by atoms with Crippen molar-refractivity contribution in [1.82, 2.24) is 0 Å². The van der Waals surface area contributed by atoms with Crippen molar-refractivity contribution in [3.63, 3.8) is 0 Å². The molecular weight excluding hydrogens is 560 g/mol. The van der Waals surface area contributed by atoms with Gasteiger partial charge in [0.15, 0.2) is 11.9 Å². The molecule has 0 amide bonds. The molecule has 5 N–H and O–H groups in total. The topological polar surface area (TPSA) is 208 Å². The van der Waals surface area contributed by atoms with Crippen molar-refractivity contribution in [2.24, 2.45) is 11.8 Å². The van der Waals surface area contributed by atoms with Crippen LogP contribution in [-0.4, -0.2) is 99.8 Å². The second kappa shape index (κ2) is 11.5. The first kappa shape index (κ1) is 29.7. The second-order valence-electron chi connectivity index (χ2n) is 10.3. The third kappa shape index (κ3) is 5.28. The van der Waals surface area contributed by atoms with Gasteiger partial charge in [-0.05, 0) is 29.8 Å². The molecule has 1 saturated heterocycles. The van der Waals surface area contributed by atoms with Crippen LogP contribution in [0.25, 0.3) is 0 Å². The highest BCUT2D eigenvalue weighted by Crippen LogP contribution is 2.51. The molecule has 4 aliphatic rings. The SMILES string of the molecule is COC(=O)C1=CO[C@@H](O[C@@H]2O[C@H](COC(C)=O)[C@@H](O)[C@H](O)[C@H]2O)[C@H]2[C@@H]1C=C[C@@]21C=C([C@H](O)c2ccc(O)cc2)C(=O)O1. The van der Waals surface area contributed by atoms with Crippen LogP contribution in [0.1, 0.15) is 18.6 Å². The van der Waals surface area contributed by atoms with Crippen molar-refractivity contribution in [3.8, 4) is 5.75 Å². The lowest BCUT2D eigenvalue weighted by Gasteiger charge is -2.44. The van der Waals surface area contributed by atoms with Crippen molar-refractivity contribution in [3.05, 3.63) is 65.5 Å². The van der Waals surface area contributed by atoms with Gasteiger partial charge in [-0.25, -0.2) is 9.59 Å². The Kier molecular flexibility index (Phi) is 8.11. The average Bonchev–Trinajstić information content (AvgIpc) is 3.51. The van der Waals surface area contributed by atoms with Crippen molar-refractivity contribution in [2.75, 3.05) is 13.7 Å². The molecule has 0 unspecified atom stereocenters. The maximum Gasteiger partial charge on any atom is 0.338 e. The lowest BCUT2D eigenvalue weighted by Crippen LogP contribution is -2.61. The summed E-state index contributed by atoms with van der Waals surface area (Å²) in [5, 5.41) is 51.9. The molecule has 1 aromatic carbocycles. The van der Waals surface area contributed by atoms with Gasteiger partial charge in [-0.1, -0.05) is 18.2 Å². The summed E-state index contributed by atoms with van der Waals surface area (Å²) < 4.78 is 32.8. The number of esters is 3. The van der Waals surface area contributed by atoms with Crippen LogP contribution in [0.4, 0.5) is 0 Å². The van der Waals surface area contributed by atoms with E-state index in [4.69, 9.17) is 28.4 Å². The number of hydrogen-bond donors (Lipinski definition) is 5. The van der Waals surface area contributed by atoms with E-state index in [9.17, 15) is 39.9 Å². The number of allylic oxidation sites excluding steroid dienone is 1. The van der Waals surface area contributed by atoms with E-state index < -0.39 is 85.1 Å². The molecule has 3 aliphatic heterocycles. The van der Waals surface area contributed by atoms with Gasteiger partial charge in [0.05, 0.1) is 30.4 Å². The maximum absolute atomic E-state index is 13.1. The van der Waals surface area contributed by atoms with Crippen LogP contribution in [0, 0.1) is 11.8 Å². The molecule has 0 saturated carbocycles. The van der Waals surface area contributed by atoms with E-state index in [1.165, 1.54) is 43.5 Å². The lowest BCUT2D eigenvalue weighted by molar-refractivity contribution is -0.344. The van der Waals surface area contributed by atoms with E-state index >= 15 is 0 Å². The van der Waals surface area contributed by atoms with Crippen LogP contribution in [-0.2, 0) is 42.8 Å². The number of ether oxygens (including phenoxy) is 6. The third-order valence-corrected chi connectivity index (χ3v) is 7.65. The Bertz CT molecular complexity index is 1320. The number of aliphatic hydroxyl groups is 4. The largest absolute Gasteiger partial charge is 0.508 e. The fraction of sp³-hybridized carbons (Fsp3) is 0.464. The minimum atomic E-state index is -1.78. The summed E-state index contributed by atoms with van der Waals surface area (Å²) in [7, 11) is 1.18. The van der Waals surface area contributed by atoms with Gasteiger partial charge >= 0.3 is 17.9 Å². The van der Waals surface area contributed by atoms with Crippen LogP contribution in [0.15, 0.2) is 59.9 Å². The number of fused-ring (bicyclic) bond motifs is 2. The number of phenolic OH excluding ortho intramolecular Hbond substituents is 1. The zero-order chi connectivity index (χ0) is 30.3. The number of carbonyl (C=O) groups is 3. The summed E-state index contributed by atoms with van der Waals surface area (Å²) in [5.41, 5.74) is -1.34. The van der Waals surface area contributed by atoms with E-state index in [-0.39, 0.29) is 16.9 Å². The van der Waals surface area contributed by atoms with Crippen molar-refractivity contribution in [2.45, 2.75) is 55.6 Å². The number of hydrogen-bond acceptors (Lipinski definition) is 14. The molecule has 1 aliphatic carbocycles. The van der Waals surface area contributed by atoms with Gasteiger partial charge in [-0.2, -0.15) is 0 Å². The predicted molar refractivity (Wildman–Crippen MR) is 135 cm³/mol. The molecule has 0 radical (unpaired) electrons. The quantitative estimate of drug-likeness (QED) is 0.150. The summed E-state index contributed by atoms with van der Waals surface area (Å²) in [5.74, 6) is -4.09. The first-order chi connectivity index (χ1) is 20.0. The van der Waals surface area contributed by atoms with Crippen LogP contribution in [0.2, 0.25) is 0 Å². The van der Waals surface area contributed by atoms with E-state index in [1.807, 2.05) is 0 Å². The first-order valence-corrected chi connectivity index (χ1v) is 13.0. The molecule has 3 heterocycles. The van der Waals surface area contributed by atoms with Crippen molar-refractivity contribution >= 4 is 17.9 Å². The van der Waals surface area contributed by atoms with E-state index in [2.05, 4.69) is 0 Å². The van der Waals surface area contributed by atoms with Crippen LogP contribution >= 0.6 is 0 Å². The number of aromatic hydroxyl groups is 1. The van der Waals surface area contributed by atoms with Crippen molar-refractivity contribution in [1.29, 1.82) is 0 Å². The molecule has 0 bridgehead atoms. The number of carbonyl (C=O) groups excluding carboxylic acids is 3. The molecule has 1 fully saturated rings. The van der Waals surface area contributed by atoms with Gasteiger partial charge in [-0.3, -0.25) is 4.79 Å². The van der Waals surface area contributed by atoms with Gasteiger partial charge in [0.2, 0.25) is 6.29 Å². The molecule has 1 spiro atoms. The zero-order valence-corrected chi connectivity index (χ0v) is 22.4. The van der Waals surface area contributed by atoms with E-state index in [0.717, 1.165) is 13.2 Å². The number of methoxy groups -OCH3 is 1. The molecular formula is C28H30O14. The van der Waals surface area contributed by atoms with Gasteiger partial charge in [-0.15, -0.1) is 0 Å². The summed E-state index contributed by atoms with van der Waals surface area (Å²) in [6.07, 6.45) is -5.27. The lowest BCUT2D eigenvalue weighted by atomic mass is 9.78. The molecule has 14 nitrogen and oxygen atoms in total. The van der Waals surface area contributed by atoms with E-state index in [1.54, 1.807) is 6.08 Å². The Labute approximate surface area is 239 Å². The fourth-order valence-electron chi connectivity index (χ4n) is 5.49. The van der Waals surface area contributed by atoms with Crippen molar-refractivity contribution < 1.29 is 68.3 Å². The minimum Gasteiger partial charge on any atom is -0.508 e. The standard InChI is InChI=1S/C28H30O14/c1-12(29)38-11-18-21(32)22(33)23(34)27(40-18)41-26-19-15(17(10-39-26)24(35)37-2)7-8-28(19)9-16(25(36)42-28)20(31)13-3-5-14(30)6-4-13/h3-10,15,18-23,26-27,30-34H,11H2,1-2H3/t15-,18-,19-,20-,21-,22+,23-,26+,27+,28-/m1/s1. The predicted octanol–water partition coefficient (Wildman–Crippen LogP) is -0.750. The molecule has 14 heteroatoms. The molecule has 42 heavy (non-hydrogen) atoms. The Hall–Kier alpha value is -3.79. The average molecular weight is 591 g/mol. The Morgan fingerprint density at radius 2 is 1.79 bits per heavy atom. The van der Waals surface area contributed by atoms with Crippen LogP contribution in [0.3, 0.4) is 0 Å².